The zero-order valence-corrected chi connectivity index (χ0v) is 21.2. The number of nitrogens with zero attached hydrogens (tertiary/aromatic N) is 3. The number of likely N-dealkylation sites (tertiary alicyclic amines) is 1. The topological polar surface area (TPSA) is 101 Å². The highest BCUT2D eigenvalue weighted by Crippen LogP contribution is 2.35. The van der Waals surface area contributed by atoms with Crippen molar-refractivity contribution < 1.29 is 24.6 Å². The van der Waals surface area contributed by atoms with Crippen LogP contribution in [-0.2, 0) is 11.2 Å². The molecule has 1 fully saturated rings. The third kappa shape index (κ3) is 7.83. The highest BCUT2D eigenvalue weighted by Gasteiger charge is 2.27. The van der Waals surface area contributed by atoms with E-state index in [1.165, 1.54) is 0 Å². The number of halogens is 1. The summed E-state index contributed by atoms with van der Waals surface area (Å²) in [5.74, 6) is -0.129. The second-order valence-electron chi connectivity index (χ2n) is 7.72. The maximum atomic E-state index is 13.4. The molecule has 34 heavy (non-hydrogen) atoms. The molecule has 1 saturated heterocycles. The van der Waals surface area contributed by atoms with Gasteiger partial charge in [0.2, 0.25) is 5.91 Å². The Kier molecular flexibility index (Phi) is 11.0. The fraction of sp³-hybridized carbons (Fsp3) is 0.348. The van der Waals surface area contributed by atoms with Crippen LogP contribution in [0, 0.1) is 0 Å². The molecule has 0 spiro atoms. The van der Waals surface area contributed by atoms with E-state index in [0.717, 1.165) is 41.7 Å². The number of amides is 1. The first-order valence-electron chi connectivity index (χ1n) is 10.6. The maximum absolute atomic E-state index is 13.4. The molecule has 0 saturated carbocycles. The van der Waals surface area contributed by atoms with E-state index in [0.29, 0.717) is 35.1 Å². The number of anilines is 1. The van der Waals surface area contributed by atoms with Crippen molar-refractivity contribution in [3.63, 3.8) is 0 Å². The molecule has 11 heteroatoms. The Morgan fingerprint density at radius 2 is 1.50 bits per heavy atom. The Bertz CT molecular complexity index is 960. The number of carbonyl (C=O) groups excluding carboxylic acids is 1. The SMILES string of the molecule is CN(C(=O)Cc1ccccc1N(SC(=O)O)SC(=O)O)[C@H](CN1CCCC1)c1ccccc1.Cl. The molecule has 1 heterocycles. The standard InChI is InChI=1S/C23H27N3O5S2.ClH/c1-24(20(16-25-13-7-8-14-25)17-9-3-2-4-10-17)21(27)15-18-11-5-6-12-19(18)26(32-22(28)29)33-23(30)31;/h2-6,9-12,20H,7-8,13-16H2,1H3,(H,28,29)(H,30,31);1H/t20-;/m1./s1. The Morgan fingerprint density at radius 1 is 0.941 bits per heavy atom. The van der Waals surface area contributed by atoms with Crippen molar-refractivity contribution in [2.45, 2.75) is 25.3 Å². The largest absolute Gasteiger partial charge is 0.472 e. The number of likely N-dealkylation sites (N-methyl/N-ethyl adjacent to an activating group) is 1. The Morgan fingerprint density at radius 3 is 2.09 bits per heavy atom. The van der Waals surface area contributed by atoms with Crippen LogP contribution in [0.15, 0.2) is 54.6 Å². The first kappa shape index (κ1) is 27.8. The van der Waals surface area contributed by atoms with Gasteiger partial charge in [0.15, 0.2) is 0 Å². The van der Waals surface area contributed by atoms with E-state index in [1.807, 2.05) is 30.3 Å². The number of rotatable bonds is 9. The lowest BCUT2D eigenvalue weighted by Crippen LogP contribution is -2.39. The molecule has 0 radical (unpaired) electrons. The number of hydrogen-bond acceptors (Lipinski definition) is 7. The van der Waals surface area contributed by atoms with Gasteiger partial charge in [0.05, 0.1) is 42.0 Å². The molecule has 2 aromatic carbocycles. The van der Waals surface area contributed by atoms with Crippen molar-refractivity contribution in [1.82, 2.24) is 9.80 Å². The summed E-state index contributed by atoms with van der Waals surface area (Å²) in [6.07, 6.45) is 2.34. The number of hydrogen-bond donors (Lipinski definition) is 2. The molecule has 8 nitrogen and oxygen atoms in total. The van der Waals surface area contributed by atoms with E-state index < -0.39 is 10.6 Å². The average Bonchev–Trinajstić information content (AvgIpc) is 3.30. The normalized spacial score (nSPS) is 14.1. The highest BCUT2D eigenvalue weighted by atomic mass is 35.5. The van der Waals surface area contributed by atoms with Crippen molar-refractivity contribution in [2.75, 3.05) is 30.4 Å². The Labute approximate surface area is 214 Å². The first-order valence-corrected chi connectivity index (χ1v) is 12.1. The fourth-order valence-corrected chi connectivity index (χ4v) is 5.26. The van der Waals surface area contributed by atoms with Crippen LogP contribution >= 0.6 is 36.3 Å². The summed E-state index contributed by atoms with van der Waals surface area (Å²) in [5.41, 5.74) is 1.98. The predicted octanol–water partition coefficient (Wildman–Crippen LogP) is 5.41. The highest BCUT2D eigenvalue weighted by molar-refractivity contribution is 8.30. The summed E-state index contributed by atoms with van der Waals surface area (Å²) in [7, 11) is 1.79. The maximum Gasteiger partial charge on any atom is 0.386 e. The first-order chi connectivity index (χ1) is 15.8. The van der Waals surface area contributed by atoms with Gasteiger partial charge in [0.25, 0.3) is 0 Å². The molecule has 1 aliphatic rings. The van der Waals surface area contributed by atoms with E-state index >= 15 is 0 Å². The van der Waals surface area contributed by atoms with Crippen LogP contribution in [0.5, 0.6) is 0 Å². The molecular formula is C23H28ClN3O5S2. The lowest BCUT2D eigenvalue weighted by molar-refractivity contribution is -0.131. The van der Waals surface area contributed by atoms with E-state index in [9.17, 15) is 24.6 Å². The molecule has 1 aliphatic heterocycles. The zero-order valence-electron chi connectivity index (χ0n) is 18.7. The number of carboxylic acid groups (broad SMARTS) is 2. The summed E-state index contributed by atoms with van der Waals surface area (Å²) in [6.45, 7) is 2.77. The van der Waals surface area contributed by atoms with Crippen molar-refractivity contribution in [3.05, 3.63) is 65.7 Å². The monoisotopic (exact) mass is 525 g/mol. The number of para-hydroxylation sites is 1. The van der Waals surface area contributed by atoms with Gasteiger partial charge in [-0.3, -0.25) is 4.79 Å². The minimum absolute atomic E-state index is 0. The molecule has 2 N–H and O–H groups in total. The van der Waals surface area contributed by atoms with Gasteiger partial charge in [-0.15, -0.1) is 12.4 Å². The molecule has 1 amide bonds. The van der Waals surface area contributed by atoms with Gasteiger partial charge in [0.1, 0.15) is 0 Å². The van der Waals surface area contributed by atoms with Crippen LogP contribution in [0.3, 0.4) is 0 Å². The van der Waals surface area contributed by atoms with Crippen LogP contribution in [0.1, 0.15) is 30.0 Å². The molecule has 0 aromatic heterocycles. The molecule has 1 atom stereocenters. The van der Waals surface area contributed by atoms with Gasteiger partial charge < -0.3 is 20.0 Å². The van der Waals surface area contributed by atoms with Crippen molar-refractivity contribution in [2.24, 2.45) is 0 Å². The van der Waals surface area contributed by atoms with E-state index in [2.05, 4.69) is 4.90 Å². The van der Waals surface area contributed by atoms with E-state index in [-0.39, 0.29) is 30.8 Å². The molecule has 3 rings (SSSR count). The third-order valence-electron chi connectivity index (χ3n) is 5.53. The molecule has 0 unspecified atom stereocenters. The predicted molar refractivity (Wildman–Crippen MR) is 139 cm³/mol. The second-order valence-corrected chi connectivity index (χ2v) is 9.74. The Hall–Kier alpha value is -2.40. The summed E-state index contributed by atoms with van der Waals surface area (Å²) in [5, 5.41) is 15.9. The summed E-state index contributed by atoms with van der Waals surface area (Å²) < 4.78 is 1.10. The van der Waals surface area contributed by atoms with Crippen molar-refractivity contribution in [3.8, 4) is 0 Å². The van der Waals surface area contributed by atoms with Crippen LogP contribution in [0.4, 0.5) is 15.3 Å². The number of carbonyl (C=O) groups is 3. The van der Waals surface area contributed by atoms with Crippen LogP contribution in [-0.4, -0.2) is 63.2 Å². The van der Waals surface area contributed by atoms with Gasteiger partial charge in [-0.25, -0.2) is 13.3 Å². The fourth-order valence-electron chi connectivity index (χ4n) is 3.90. The van der Waals surface area contributed by atoms with E-state index in [1.54, 1.807) is 36.2 Å². The summed E-state index contributed by atoms with van der Waals surface area (Å²) >= 11 is 0.711. The molecule has 2 aromatic rings. The average molecular weight is 526 g/mol. The third-order valence-corrected chi connectivity index (χ3v) is 7.01. The molecule has 184 valence electrons. The lowest BCUT2D eigenvalue weighted by Gasteiger charge is -2.32. The van der Waals surface area contributed by atoms with Gasteiger partial charge >= 0.3 is 10.6 Å². The molecule has 0 bridgehead atoms. The van der Waals surface area contributed by atoms with Gasteiger partial charge in [-0.05, 0) is 43.1 Å². The summed E-state index contributed by atoms with van der Waals surface area (Å²) in [6, 6.07) is 16.6. The second kappa shape index (κ2) is 13.5. The smallest absolute Gasteiger partial charge is 0.386 e. The van der Waals surface area contributed by atoms with Crippen LogP contribution < -0.4 is 3.71 Å². The van der Waals surface area contributed by atoms with Crippen molar-refractivity contribution >= 4 is 58.5 Å². The zero-order chi connectivity index (χ0) is 23.8. The molecular weight excluding hydrogens is 498 g/mol. The molecule has 0 aliphatic carbocycles. The summed E-state index contributed by atoms with van der Waals surface area (Å²) in [4.78, 5) is 40.0. The quantitative estimate of drug-likeness (QED) is 0.416. The van der Waals surface area contributed by atoms with Gasteiger partial charge in [0, 0.05) is 13.6 Å². The van der Waals surface area contributed by atoms with E-state index in [4.69, 9.17) is 0 Å². The van der Waals surface area contributed by atoms with Gasteiger partial charge in [-0.2, -0.15) is 0 Å². The minimum atomic E-state index is -1.24. The van der Waals surface area contributed by atoms with Crippen LogP contribution in [0.2, 0.25) is 0 Å². The number of benzene rings is 2. The van der Waals surface area contributed by atoms with Gasteiger partial charge in [-0.1, -0.05) is 48.5 Å². The lowest BCUT2D eigenvalue weighted by atomic mass is 10.0. The minimum Gasteiger partial charge on any atom is -0.472 e. The van der Waals surface area contributed by atoms with Crippen LogP contribution in [0.25, 0.3) is 0 Å². The Balaban J connectivity index is 0.00000408. The van der Waals surface area contributed by atoms with Crippen molar-refractivity contribution in [1.29, 1.82) is 0 Å².